The molecule has 0 aromatic rings. The largest absolute Gasteiger partial charge is 0.212 e. The van der Waals surface area contributed by atoms with Crippen molar-refractivity contribution in [3.8, 4) is 0 Å². The first-order valence-electron chi connectivity index (χ1n) is 5.86. The van der Waals surface area contributed by atoms with Crippen LogP contribution in [0.1, 0.15) is 46.0 Å². The van der Waals surface area contributed by atoms with Crippen LogP contribution in [-0.4, -0.2) is 20.2 Å². The highest BCUT2D eigenvalue weighted by atomic mass is 32.2. The molecule has 3 nitrogen and oxygen atoms in total. The second-order valence-electron chi connectivity index (χ2n) is 5.95. The van der Waals surface area contributed by atoms with E-state index in [1.165, 1.54) is 0 Å². The molecular formula is C11H21NO2S. The molecule has 0 radical (unpaired) electrons. The zero-order chi connectivity index (χ0) is 11.1. The average molecular weight is 231 g/mol. The van der Waals surface area contributed by atoms with Crippen molar-refractivity contribution < 1.29 is 8.42 Å². The van der Waals surface area contributed by atoms with Crippen LogP contribution in [0, 0.1) is 11.3 Å². The van der Waals surface area contributed by atoms with Crippen LogP contribution < -0.4 is 4.72 Å². The molecule has 15 heavy (non-hydrogen) atoms. The van der Waals surface area contributed by atoms with Crippen LogP contribution in [-0.2, 0) is 10.0 Å². The van der Waals surface area contributed by atoms with Crippen molar-refractivity contribution in [2.45, 2.75) is 52.0 Å². The highest BCUT2D eigenvalue weighted by Crippen LogP contribution is 2.37. The Labute approximate surface area is 92.7 Å². The molecule has 2 fully saturated rings. The molecule has 1 unspecified atom stereocenters. The topological polar surface area (TPSA) is 46.2 Å². The van der Waals surface area contributed by atoms with Crippen molar-refractivity contribution >= 4 is 10.0 Å². The number of hydrogen-bond acceptors (Lipinski definition) is 2. The van der Waals surface area contributed by atoms with E-state index in [4.69, 9.17) is 0 Å². The minimum Gasteiger partial charge on any atom is -0.212 e. The maximum atomic E-state index is 11.7. The predicted octanol–water partition coefficient (Wildman–Crippen LogP) is 1.89. The maximum Gasteiger partial charge on any atom is 0.212 e. The maximum absolute atomic E-state index is 11.7. The molecule has 2 saturated carbocycles. The van der Waals surface area contributed by atoms with Gasteiger partial charge in [-0.25, -0.2) is 13.1 Å². The highest BCUT2D eigenvalue weighted by Gasteiger charge is 2.35. The molecule has 2 aliphatic rings. The third-order valence-electron chi connectivity index (χ3n) is 3.47. The van der Waals surface area contributed by atoms with E-state index in [9.17, 15) is 8.42 Å². The fourth-order valence-electron chi connectivity index (χ4n) is 2.43. The van der Waals surface area contributed by atoms with Gasteiger partial charge in [-0.2, -0.15) is 0 Å². The summed E-state index contributed by atoms with van der Waals surface area (Å²) in [6, 6.07) is 0.184. The monoisotopic (exact) mass is 231 g/mol. The van der Waals surface area contributed by atoms with Gasteiger partial charge in [0.1, 0.15) is 0 Å². The van der Waals surface area contributed by atoms with Gasteiger partial charge in [0, 0.05) is 6.04 Å². The van der Waals surface area contributed by atoms with Crippen molar-refractivity contribution in [2.24, 2.45) is 11.3 Å². The molecule has 0 spiro atoms. The molecule has 0 bridgehead atoms. The normalized spacial score (nSPS) is 30.7. The smallest absolute Gasteiger partial charge is 0.212 e. The van der Waals surface area contributed by atoms with Crippen LogP contribution in [0.3, 0.4) is 0 Å². The summed E-state index contributed by atoms with van der Waals surface area (Å²) in [5.41, 5.74) is 0.312. The van der Waals surface area contributed by atoms with E-state index in [1.807, 2.05) is 0 Å². The molecule has 88 valence electrons. The zero-order valence-electron chi connectivity index (χ0n) is 9.62. The van der Waals surface area contributed by atoms with Gasteiger partial charge in [-0.05, 0) is 43.4 Å². The first kappa shape index (κ1) is 11.4. The zero-order valence-corrected chi connectivity index (χ0v) is 10.4. The third kappa shape index (κ3) is 3.45. The number of sulfonamides is 1. The fourth-order valence-corrected chi connectivity index (χ4v) is 4.19. The summed E-state index contributed by atoms with van der Waals surface area (Å²) in [6.07, 6.45) is 5.30. The molecule has 0 heterocycles. The van der Waals surface area contributed by atoms with E-state index in [0.717, 1.165) is 32.1 Å². The Morgan fingerprint density at radius 3 is 2.40 bits per heavy atom. The van der Waals surface area contributed by atoms with Gasteiger partial charge in [0.15, 0.2) is 0 Å². The number of hydrogen-bond donors (Lipinski definition) is 1. The lowest BCUT2D eigenvalue weighted by atomic mass is 9.92. The van der Waals surface area contributed by atoms with Crippen LogP contribution in [0.5, 0.6) is 0 Å². The lowest BCUT2D eigenvalue weighted by Gasteiger charge is -2.17. The Morgan fingerprint density at radius 1 is 1.27 bits per heavy atom. The SMILES string of the molecule is CC1(C)CCC(NS(=O)(=O)CC2CC2)C1. The molecule has 1 N–H and O–H groups in total. The predicted molar refractivity (Wildman–Crippen MR) is 61.1 cm³/mol. The molecule has 0 aliphatic heterocycles. The fraction of sp³-hybridized carbons (Fsp3) is 1.00. The molecule has 0 aromatic carbocycles. The van der Waals surface area contributed by atoms with Crippen LogP contribution >= 0.6 is 0 Å². The minimum atomic E-state index is -3.00. The first-order valence-corrected chi connectivity index (χ1v) is 7.52. The third-order valence-corrected chi connectivity index (χ3v) is 5.07. The minimum absolute atomic E-state index is 0.184. The standard InChI is InChI=1S/C11H21NO2S/c1-11(2)6-5-10(7-11)12-15(13,14)8-9-3-4-9/h9-10,12H,3-8H2,1-2H3. The van der Waals surface area contributed by atoms with Gasteiger partial charge < -0.3 is 0 Å². The Hall–Kier alpha value is -0.0900. The summed E-state index contributed by atoms with van der Waals surface area (Å²) in [4.78, 5) is 0. The van der Waals surface area contributed by atoms with Gasteiger partial charge in [-0.1, -0.05) is 13.8 Å². The van der Waals surface area contributed by atoms with Crippen LogP contribution in [0.2, 0.25) is 0 Å². The van der Waals surface area contributed by atoms with E-state index >= 15 is 0 Å². The van der Waals surface area contributed by atoms with Crippen LogP contribution in [0.25, 0.3) is 0 Å². The number of nitrogens with one attached hydrogen (secondary N) is 1. The summed E-state index contributed by atoms with van der Waals surface area (Å²) in [5, 5.41) is 0. The van der Waals surface area contributed by atoms with E-state index in [0.29, 0.717) is 17.1 Å². The van der Waals surface area contributed by atoms with Crippen molar-refractivity contribution in [2.75, 3.05) is 5.75 Å². The van der Waals surface area contributed by atoms with Gasteiger partial charge >= 0.3 is 0 Å². The summed E-state index contributed by atoms with van der Waals surface area (Å²) in [7, 11) is -3.00. The molecule has 2 rings (SSSR count). The van der Waals surface area contributed by atoms with Gasteiger partial charge in [0.05, 0.1) is 5.75 Å². The van der Waals surface area contributed by atoms with Crippen LogP contribution in [0.4, 0.5) is 0 Å². The van der Waals surface area contributed by atoms with Crippen molar-refractivity contribution in [1.82, 2.24) is 4.72 Å². The summed E-state index contributed by atoms with van der Waals surface area (Å²) in [5.74, 6) is 0.793. The molecule has 2 aliphatic carbocycles. The highest BCUT2D eigenvalue weighted by molar-refractivity contribution is 7.89. The van der Waals surface area contributed by atoms with Gasteiger partial charge in [-0.15, -0.1) is 0 Å². The Bertz CT molecular complexity index is 330. The van der Waals surface area contributed by atoms with Gasteiger partial charge in [-0.3, -0.25) is 0 Å². The van der Waals surface area contributed by atoms with E-state index in [2.05, 4.69) is 18.6 Å². The summed E-state index contributed by atoms with van der Waals surface area (Å²) in [6.45, 7) is 4.42. The van der Waals surface area contributed by atoms with E-state index in [1.54, 1.807) is 0 Å². The molecule has 0 amide bonds. The van der Waals surface area contributed by atoms with Crippen molar-refractivity contribution in [3.63, 3.8) is 0 Å². The lowest BCUT2D eigenvalue weighted by molar-refractivity contribution is 0.372. The first-order chi connectivity index (χ1) is 6.86. The van der Waals surface area contributed by atoms with Gasteiger partial charge in [0.2, 0.25) is 10.0 Å². The summed E-state index contributed by atoms with van der Waals surface area (Å²) < 4.78 is 26.3. The van der Waals surface area contributed by atoms with Crippen molar-refractivity contribution in [1.29, 1.82) is 0 Å². The Morgan fingerprint density at radius 2 is 1.93 bits per heavy atom. The molecule has 0 aromatic heterocycles. The Balaban J connectivity index is 1.86. The second kappa shape index (κ2) is 3.74. The Kier molecular flexibility index (Phi) is 2.84. The molecule has 0 saturated heterocycles. The molecule has 4 heteroatoms. The van der Waals surface area contributed by atoms with Gasteiger partial charge in [0.25, 0.3) is 0 Å². The van der Waals surface area contributed by atoms with E-state index < -0.39 is 10.0 Å². The second-order valence-corrected chi connectivity index (χ2v) is 7.75. The molecule has 1 atom stereocenters. The lowest BCUT2D eigenvalue weighted by Crippen LogP contribution is -2.35. The van der Waals surface area contributed by atoms with Crippen LogP contribution in [0.15, 0.2) is 0 Å². The summed E-state index contributed by atoms with van der Waals surface area (Å²) >= 11 is 0. The van der Waals surface area contributed by atoms with E-state index in [-0.39, 0.29) is 6.04 Å². The van der Waals surface area contributed by atoms with Crippen molar-refractivity contribution in [3.05, 3.63) is 0 Å². The molecular weight excluding hydrogens is 210 g/mol. The number of rotatable bonds is 4. The quantitative estimate of drug-likeness (QED) is 0.803. The average Bonchev–Trinajstić information content (AvgIpc) is 2.76.